The lowest BCUT2D eigenvalue weighted by atomic mass is 10.2. The molecular weight excluding hydrogens is 308 g/mol. The molecule has 0 unspecified atom stereocenters. The van der Waals surface area contributed by atoms with E-state index < -0.39 is 0 Å². The van der Waals surface area contributed by atoms with Crippen molar-refractivity contribution < 1.29 is 0 Å². The van der Waals surface area contributed by atoms with Crippen LogP contribution in [-0.2, 0) is 0 Å². The van der Waals surface area contributed by atoms with Crippen LogP contribution in [0.15, 0.2) is 90.7 Å². The number of pyridine rings is 3. The third kappa shape index (κ3) is 4.12. The summed E-state index contributed by atoms with van der Waals surface area (Å²) in [5, 5.41) is 0. The Hall–Kier alpha value is -3.40. The fourth-order valence-electron chi connectivity index (χ4n) is 2.34. The Morgan fingerprint density at radius 2 is 1.60 bits per heavy atom. The van der Waals surface area contributed by atoms with Crippen LogP contribution in [0.3, 0.4) is 0 Å². The molecule has 25 heavy (non-hydrogen) atoms. The standard InChI is InChI=1S/C21H18N4/c1-3-9-19(24-16(2)17-10-4-6-14-22-17)21-13-8-12-20(25-21)18-11-5-7-15-23-18/h3-15H,1H2,2H3/b19-9-,24-16?. The maximum Gasteiger partial charge on any atom is 0.0894 e. The fraction of sp³-hybridized carbons (Fsp3) is 0.0476. The SMILES string of the molecule is C=C/C=C(\N=C(C)c1ccccn1)c1cccc(-c2ccccn2)n1. The van der Waals surface area contributed by atoms with Gasteiger partial charge in [0.15, 0.2) is 0 Å². The van der Waals surface area contributed by atoms with Crippen LogP contribution in [0.5, 0.6) is 0 Å². The first-order chi connectivity index (χ1) is 12.3. The zero-order valence-electron chi connectivity index (χ0n) is 14.0. The van der Waals surface area contributed by atoms with Crippen LogP contribution in [0.2, 0.25) is 0 Å². The molecule has 4 nitrogen and oxygen atoms in total. The van der Waals surface area contributed by atoms with Crippen LogP contribution in [-0.4, -0.2) is 20.7 Å². The molecule has 0 N–H and O–H groups in total. The van der Waals surface area contributed by atoms with Gasteiger partial charge in [-0.2, -0.15) is 0 Å². The van der Waals surface area contributed by atoms with E-state index in [9.17, 15) is 0 Å². The lowest BCUT2D eigenvalue weighted by molar-refractivity contribution is 1.21. The first-order valence-corrected chi connectivity index (χ1v) is 7.96. The zero-order chi connectivity index (χ0) is 17.5. The highest BCUT2D eigenvalue weighted by Gasteiger charge is 2.07. The van der Waals surface area contributed by atoms with Crippen LogP contribution in [0, 0.1) is 0 Å². The van der Waals surface area contributed by atoms with Gasteiger partial charge in [-0.05, 0) is 49.4 Å². The molecule has 3 aromatic heterocycles. The van der Waals surface area contributed by atoms with Crippen molar-refractivity contribution in [3.05, 3.63) is 97.1 Å². The fourth-order valence-corrected chi connectivity index (χ4v) is 2.34. The molecule has 3 heterocycles. The van der Waals surface area contributed by atoms with Crippen LogP contribution in [0.4, 0.5) is 0 Å². The quantitative estimate of drug-likeness (QED) is 0.509. The van der Waals surface area contributed by atoms with Gasteiger partial charge in [0.1, 0.15) is 0 Å². The molecule has 122 valence electrons. The third-order valence-electron chi connectivity index (χ3n) is 3.54. The summed E-state index contributed by atoms with van der Waals surface area (Å²) in [6, 6.07) is 17.3. The number of rotatable bonds is 5. The predicted octanol–water partition coefficient (Wildman–Crippen LogP) is 4.57. The Kier molecular flexibility index (Phi) is 5.22. The van der Waals surface area contributed by atoms with E-state index in [1.54, 1.807) is 18.5 Å². The number of allylic oxidation sites excluding steroid dienone is 2. The van der Waals surface area contributed by atoms with E-state index in [0.717, 1.165) is 34.2 Å². The highest BCUT2D eigenvalue weighted by atomic mass is 14.9. The van der Waals surface area contributed by atoms with Crippen molar-refractivity contribution in [3.8, 4) is 11.4 Å². The second-order valence-electron chi connectivity index (χ2n) is 5.32. The summed E-state index contributed by atoms with van der Waals surface area (Å²) in [7, 11) is 0. The molecular formula is C21H18N4. The first kappa shape index (κ1) is 16.5. The maximum atomic E-state index is 4.70. The molecule has 0 amide bonds. The van der Waals surface area contributed by atoms with Crippen LogP contribution in [0.1, 0.15) is 18.3 Å². The summed E-state index contributed by atoms with van der Waals surface area (Å²) in [6.45, 7) is 5.72. The monoisotopic (exact) mass is 326 g/mol. The van der Waals surface area contributed by atoms with Gasteiger partial charge in [0, 0.05) is 12.4 Å². The van der Waals surface area contributed by atoms with Crippen molar-refractivity contribution in [3.63, 3.8) is 0 Å². The van der Waals surface area contributed by atoms with Gasteiger partial charge in [0.2, 0.25) is 0 Å². The van der Waals surface area contributed by atoms with Gasteiger partial charge in [0.05, 0.1) is 34.2 Å². The molecule has 0 spiro atoms. The average Bonchev–Trinajstić information content (AvgIpc) is 2.69. The average molecular weight is 326 g/mol. The Balaban J connectivity index is 2.00. The van der Waals surface area contributed by atoms with E-state index in [0.29, 0.717) is 0 Å². The summed E-state index contributed by atoms with van der Waals surface area (Å²) in [6.07, 6.45) is 7.06. The van der Waals surface area contributed by atoms with Crippen LogP contribution in [0.25, 0.3) is 17.1 Å². The molecule has 0 aliphatic rings. The molecule has 3 aromatic rings. The Bertz CT molecular complexity index is 913. The van der Waals surface area contributed by atoms with E-state index in [1.807, 2.05) is 67.6 Å². The van der Waals surface area contributed by atoms with Crippen molar-refractivity contribution in [1.82, 2.24) is 15.0 Å². The lowest BCUT2D eigenvalue weighted by Crippen LogP contribution is -1.99. The van der Waals surface area contributed by atoms with E-state index in [-0.39, 0.29) is 0 Å². The molecule has 0 saturated heterocycles. The van der Waals surface area contributed by atoms with Crippen molar-refractivity contribution >= 4 is 11.4 Å². The van der Waals surface area contributed by atoms with Gasteiger partial charge in [-0.3, -0.25) is 9.97 Å². The number of aliphatic imine (C=N–C) groups is 1. The molecule has 0 aromatic carbocycles. The molecule has 0 fully saturated rings. The lowest BCUT2D eigenvalue weighted by Gasteiger charge is -2.06. The van der Waals surface area contributed by atoms with Gasteiger partial charge >= 0.3 is 0 Å². The second-order valence-corrected chi connectivity index (χ2v) is 5.32. The highest BCUT2D eigenvalue weighted by Crippen LogP contribution is 2.20. The van der Waals surface area contributed by atoms with E-state index in [4.69, 9.17) is 9.98 Å². The van der Waals surface area contributed by atoms with Crippen molar-refractivity contribution in [2.24, 2.45) is 4.99 Å². The highest BCUT2D eigenvalue weighted by molar-refractivity contribution is 6.00. The molecule has 0 bridgehead atoms. The normalized spacial score (nSPS) is 12.0. The topological polar surface area (TPSA) is 51.0 Å². The number of aromatic nitrogens is 3. The third-order valence-corrected chi connectivity index (χ3v) is 3.54. The Labute approximate surface area is 147 Å². The predicted molar refractivity (Wildman–Crippen MR) is 102 cm³/mol. The molecule has 4 heteroatoms. The maximum absolute atomic E-state index is 4.70. The van der Waals surface area contributed by atoms with Crippen molar-refractivity contribution in [2.75, 3.05) is 0 Å². The first-order valence-electron chi connectivity index (χ1n) is 7.96. The van der Waals surface area contributed by atoms with Gasteiger partial charge in [-0.15, -0.1) is 0 Å². The van der Waals surface area contributed by atoms with Gasteiger partial charge < -0.3 is 0 Å². The Morgan fingerprint density at radius 1 is 0.880 bits per heavy atom. The van der Waals surface area contributed by atoms with Gasteiger partial charge in [0.25, 0.3) is 0 Å². The second kappa shape index (κ2) is 7.93. The molecule has 0 aliphatic carbocycles. The van der Waals surface area contributed by atoms with E-state index in [1.165, 1.54) is 0 Å². The minimum atomic E-state index is 0.732. The summed E-state index contributed by atoms with van der Waals surface area (Å²) in [5.41, 5.74) is 4.78. The van der Waals surface area contributed by atoms with E-state index >= 15 is 0 Å². The molecule has 0 radical (unpaired) electrons. The summed E-state index contributed by atoms with van der Waals surface area (Å²) in [4.78, 5) is 18.1. The Morgan fingerprint density at radius 3 is 2.28 bits per heavy atom. The van der Waals surface area contributed by atoms with E-state index in [2.05, 4.69) is 16.5 Å². The molecule has 0 aliphatic heterocycles. The van der Waals surface area contributed by atoms with Crippen molar-refractivity contribution in [2.45, 2.75) is 6.92 Å². The molecule has 3 rings (SSSR count). The number of nitrogens with zero attached hydrogens (tertiary/aromatic N) is 4. The largest absolute Gasteiger partial charge is 0.255 e. The number of hydrogen-bond donors (Lipinski definition) is 0. The zero-order valence-corrected chi connectivity index (χ0v) is 14.0. The number of hydrogen-bond acceptors (Lipinski definition) is 4. The smallest absolute Gasteiger partial charge is 0.0894 e. The van der Waals surface area contributed by atoms with Crippen LogP contribution < -0.4 is 0 Å². The van der Waals surface area contributed by atoms with Gasteiger partial charge in [-0.25, -0.2) is 9.98 Å². The molecule has 0 atom stereocenters. The van der Waals surface area contributed by atoms with Gasteiger partial charge in [-0.1, -0.05) is 30.9 Å². The van der Waals surface area contributed by atoms with Crippen molar-refractivity contribution in [1.29, 1.82) is 0 Å². The minimum absolute atomic E-state index is 0.732. The summed E-state index contributed by atoms with van der Waals surface area (Å²) in [5.74, 6) is 0. The summed E-state index contributed by atoms with van der Waals surface area (Å²) >= 11 is 0. The summed E-state index contributed by atoms with van der Waals surface area (Å²) < 4.78 is 0. The van der Waals surface area contributed by atoms with Crippen LogP contribution >= 0.6 is 0 Å². The minimum Gasteiger partial charge on any atom is -0.255 e. The molecule has 0 saturated carbocycles.